The molecule has 0 N–H and O–H groups in total. The van der Waals surface area contributed by atoms with E-state index in [1.165, 1.54) is 44.1 Å². The SMILES string of the molecule is CC1(C)c2ccccc2-c2ccc(N(c3ccc(-c4nccnc4-c4ccccc4)cc3)c3ccc(-n4c5ccccc5c5ccccc54)cc3)cc21. The third-order valence-corrected chi connectivity index (χ3v) is 10.9. The van der Waals surface area contributed by atoms with Crippen LogP contribution in [0.2, 0.25) is 0 Å². The first-order valence-electron chi connectivity index (χ1n) is 18.2. The van der Waals surface area contributed by atoms with E-state index < -0.39 is 0 Å². The Morgan fingerprint density at radius 2 is 0.962 bits per heavy atom. The first kappa shape index (κ1) is 31.0. The van der Waals surface area contributed by atoms with Crippen molar-refractivity contribution in [2.24, 2.45) is 0 Å². The molecule has 0 aliphatic heterocycles. The Labute approximate surface area is 309 Å². The second-order valence-electron chi connectivity index (χ2n) is 14.3. The minimum atomic E-state index is -0.113. The minimum Gasteiger partial charge on any atom is -0.310 e. The molecule has 0 fully saturated rings. The van der Waals surface area contributed by atoms with E-state index in [4.69, 9.17) is 9.97 Å². The summed E-state index contributed by atoms with van der Waals surface area (Å²) in [5.74, 6) is 0. The molecule has 10 rings (SSSR count). The van der Waals surface area contributed by atoms with Crippen molar-refractivity contribution in [2.45, 2.75) is 19.3 Å². The molecule has 9 aromatic rings. The Morgan fingerprint density at radius 3 is 1.62 bits per heavy atom. The molecule has 1 aliphatic carbocycles. The van der Waals surface area contributed by atoms with Gasteiger partial charge in [-0.25, -0.2) is 0 Å². The summed E-state index contributed by atoms with van der Waals surface area (Å²) in [5.41, 5.74) is 15.8. The van der Waals surface area contributed by atoms with Crippen molar-refractivity contribution in [1.82, 2.24) is 14.5 Å². The van der Waals surface area contributed by atoms with Crippen LogP contribution in [0.4, 0.5) is 17.1 Å². The number of hydrogen-bond acceptors (Lipinski definition) is 3. The molecule has 0 saturated carbocycles. The van der Waals surface area contributed by atoms with Crippen LogP contribution in [0.5, 0.6) is 0 Å². The summed E-state index contributed by atoms with van der Waals surface area (Å²) < 4.78 is 2.37. The fourth-order valence-electron chi connectivity index (χ4n) is 8.35. The monoisotopic (exact) mass is 680 g/mol. The fourth-order valence-corrected chi connectivity index (χ4v) is 8.35. The molecule has 0 atom stereocenters. The lowest BCUT2D eigenvalue weighted by molar-refractivity contribution is 0.660. The van der Waals surface area contributed by atoms with Gasteiger partial charge in [-0.15, -0.1) is 0 Å². The normalized spacial score (nSPS) is 12.9. The Hall–Kier alpha value is -6.78. The molecule has 4 nitrogen and oxygen atoms in total. The van der Waals surface area contributed by atoms with Gasteiger partial charge in [0.1, 0.15) is 0 Å². The van der Waals surface area contributed by atoms with Crippen LogP contribution < -0.4 is 4.90 Å². The predicted molar refractivity (Wildman–Crippen MR) is 219 cm³/mol. The molecule has 0 saturated heterocycles. The van der Waals surface area contributed by atoms with Gasteiger partial charge in [-0.2, -0.15) is 0 Å². The molecular weight excluding hydrogens is 645 g/mol. The number of nitrogens with zero attached hydrogens (tertiary/aromatic N) is 4. The van der Waals surface area contributed by atoms with Crippen molar-refractivity contribution >= 4 is 38.9 Å². The summed E-state index contributed by atoms with van der Waals surface area (Å²) in [5, 5.41) is 2.52. The van der Waals surface area contributed by atoms with Gasteiger partial charge in [-0.3, -0.25) is 9.97 Å². The van der Waals surface area contributed by atoms with Crippen LogP contribution in [0, 0.1) is 0 Å². The van der Waals surface area contributed by atoms with Crippen molar-refractivity contribution in [2.75, 3.05) is 4.90 Å². The first-order chi connectivity index (χ1) is 26.1. The van der Waals surface area contributed by atoms with Crippen LogP contribution in [-0.2, 0) is 5.41 Å². The topological polar surface area (TPSA) is 34.0 Å². The third-order valence-electron chi connectivity index (χ3n) is 10.9. The zero-order chi connectivity index (χ0) is 35.5. The van der Waals surface area contributed by atoms with Crippen LogP contribution in [0.3, 0.4) is 0 Å². The summed E-state index contributed by atoms with van der Waals surface area (Å²) >= 11 is 0. The number of rotatable bonds is 6. The Morgan fingerprint density at radius 1 is 0.453 bits per heavy atom. The lowest BCUT2D eigenvalue weighted by atomic mass is 9.82. The van der Waals surface area contributed by atoms with E-state index >= 15 is 0 Å². The standard InChI is InChI=1S/C49H36N4/c1-49(2)43-17-9-6-14-39(43)40-29-28-38(32-44(40)49)52(35-22-20-34(21-23-35)48-47(50-30-31-51-48)33-12-4-3-5-13-33)36-24-26-37(27-25-36)53-45-18-10-7-15-41(45)42-16-8-11-19-46(42)53/h3-32H,1-2H3. The summed E-state index contributed by atoms with van der Waals surface area (Å²) in [6.07, 6.45) is 3.53. The van der Waals surface area contributed by atoms with Crippen molar-refractivity contribution in [3.63, 3.8) is 0 Å². The average molecular weight is 681 g/mol. The lowest BCUT2D eigenvalue weighted by Gasteiger charge is -2.28. The zero-order valence-electron chi connectivity index (χ0n) is 29.6. The highest BCUT2D eigenvalue weighted by atomic mass is 15.1. The van der Waals surface area contributed by atoms with Crippen LogP contribution in [0.15, 0.2) is 182 Å². The van der Waals surface area contributed by atoms with E-state index in [2.05, 4.69) is 175 Å². The third kappa shape index (κ3) is 4.98. The van der Waals surface area contributed by atoms with Gasteiger partial charge in [0.25, 0.3) is 0 Å². The van der Waals surface area contributed by atoms with Crippen molar-refractivity contribution in [3.05, 3.63) is 193 Å². The Balaban J connectivity index is 1.10. The van der Waals surface area contributed by atoms with Crippen LogP contribution in [0.25, 0.3) is 61.1 Å². The van der Waals surface area contributed by atoms with Crippen LogP contribution in [-0.4, -0.2) is 14.5 Å². The van der Waals surface area contributed by atoms with Gasteiger partial charge in [0, 0.05) is 62.5 Å². The minimum absolute atomic E-state index is 0.113. The van der Waals surface area contributed by atoms with E-state index in [0.717, 1.165) is 45.3 Å². The van der Waals surface area contributed by atoms with E-state index in [1.807, 2.05) is 18.2 Å². The van der Waals surface area contributed by atoms with Crippen molar-refractivity contribution in [3.8, 4) is 39.3 Å². The molecule has 0 amide bonds. The second kappa shape index (κ2) is 12.2. The smallest absolute Gasteiger partial charge is 0.0965 e. The van der Waals surface area contributed by atoms with Gasteiger partial charge < -0.3 is 9.47 Å². The number of hydrogen-bond donors (Lipinski definition) is 0. The first-order valence-corrected chi connectivity index (χ1v) is 18.2. The highest BCUT2D eigenvalue weighted by Crippen LogP contribution is 2.50. The maximum atomic E-state index is 4.79. The summed E-state index contributed by atoms with van der Waals surface area (Å²) in [4.78, 5) is 11.9. The number of fused-ring (bicyclic) bond motifs is 6. The summed E-state index contributed by atoms with van der Waals surface area (Å²) in [6.45, 7) is 4.68. The van der Waals surface area contributed by atoms with E-state index in [-0.39, 0.29) is 5.41 Å². The molecule has 0 radical (unpaired) electrons. The van der Waals surface area contributed by atoms with Crippen molar-refractivity contribution in [1.29, 1.82) is 0 Å². The average Bonchev–Trinajstić information content (AvgIpc) is 3.67. The molecule has 1 aliphatic rings. The largest absolute Gasteiger partial charge is 0.310 e. The molecule has 0 unspecified atom stereocenters. The highest BCUT2D eigenvalue weighted by Gasteiger charge is 2.35. The molecule has 252 valence electrons. The number of aromatic nitrogens is 3. The zero-order valence-corrected chi connectivity index (χ0v) is 29.6. The van der Waals surface area contributed by atoms with Gasteiger partial charge in [0.2, 0.25) is 0 Å². The van der Waals surface area contributed by atoms with Gasteiger partial charge in [-0.05, 0) is 82.9 Å². The second-order valence-corrected chi connectivity index (χ2v) is 14.3. The van der Waals surface area contributed by atoms with Crippen LogP contribution >= 0.6 is 0 Å². The summed E-state index contributed by atoms with van der Waals surface area (Å²) in [6, 6.07) is 61.1. The maximum Gasteiger partial charge on any atom is 0.0965 e. The quantitative estimate of drug-likeness (QED) is 0.175. The molecule has 0 spiro atoms. The van der Waals surface area contributed by atoms with E-state index in [0.29, 0.717) is 0 Å². The highest BCUT2D eigenvalue weighted by molar-refractivity contribution is 6.09. The molecule has 0 bridgehead atoms. The molecule has 2 heterocycles. The molecule has 7 aromatic carbocycles. The van der Waals surface area contributed by atoms with E-state index in [1.54, 1.807) is 12.4 Å². The van der Waals surface area contributed by atoms with Gasteiger partial charge in [0.15, 0.2) is 0 Å². The van der Waals surface area contributed by atoms with Crippen molar-refractivity contribution < 1.29 is 0 Å². The number of benzene rings is 7. The number of para-hydroxylation sites is 2. The van der Waals surface area contributed by atoms with Gasteiger partial charge in [0.05, 0.1) is 22.4 Å². The molecule has 4 heteroatoms. The molecular formula is C49H36N4. The maximum absolute atomic E-state index is 4.79. The lowest BCUT2D eigenvalue weighted by Crippen LogP contribution is -2.16. The predicted octanol–water partition coefficient (Wildman–Crippen LogP) is 12.7. The van der Waals surface area contributed by atoms with Gasteiger partial charge in [-0.1, -0.05) is 123 Å². The Kier molecular flexibility index (Phi) is 7.12. The van der Waals surface area contributed by atoms with Gasteiger partial charge >= 0.3 is 0 Å². The number of anilines is 3. The van der Waals surface area contributed by atoms with E-state index in [9.17, 15) is 0 Å². The van der Waals surface area contributed by atoms with Crippen LogP contribution in [0.1, 0.15) is 25.0 Å². The Bertz CT molecular complexity index is 2740. The fraction of sp³-hybridized carbons (Fsp3) is 0.0612. The molecule has 2 aromatic heterocycles. The summed E-state index contributed by atoms with van der Waals surface area (Å²) in [7, 11) is 0. The molecule has 53 heavy (non-hydrogen) atoms.